The molecule has 2 aromatic rings. The van der Waals surface area contributed by atoms with E-state index < -0.39 is 18.9 Å². The minimum Gasteiger partial charge on any atom is -0.507 e. The molecule has 0 amide bonds. The Morgan fingerprint density at radius 2 is 1.28 bits per heavy atom. The summed E-state index contributed by atoms with van der Waals surface area (Å²) in [5, 5.41) is 13.2. The van der Waals surface area contributed by atoms with Gasteiger partial charge in [0.1, 0.15) is 11.0 Å². The third-order valence-corrected chi connectivity index (χ3v) is 8.23. The first-order chi connectivity index (χ1) is 14.6. The molecule has 0 aromatic heterocycles. The second-order valence-electron chi connectivity index (χ2n) is 10.7. The van der Waals surface area contributed by atoms with E-state index in [9.17, 15) is 19.5 Å². The molecule has 1 atom stereocenters. The molecule has 4 N–H and O–H groups in total. The highest BCUT2D eigenvalue weighted by Crippen LogP contribution is 2.54. The summed E-state index contributed by atoms with van der Waals surface area (Å²) in [7, 11) is -4.46. The number of phenolic OH excluding ortho intramolecular Hbond substituents is 1. The number of aromatic hydroxyl groups is 1. The second-order valence-corrected chi connectivity index (χ2v) is 12.7. The lowest BCUT2D eigenvalue weighted by molar-refractivity contribution is 0.273. The van der Waals surface area contributed by atoms with Crippen LogP contribution in [-0.4, -0.2) is 20.2 Å². The first-order valence-electron chi connectivity index (χ1n) is 11.3. The Morgan fingerprint density at radius 3 is 1.62 bits per heavy atom. The molecular weight excluding hydrogens is 421 g/mol. The number of hydrogen-bond donors (Lipinski definition) is 4. The van der Waals surface area contributed by atoms with Gasteiger partial charge in [-0.3, -0.25) is 9.88 Å². The molecule has 0 aliphatic rings. The van der Waals surface area contributed by atoms with Gasteiger partial charge in [0, 0.05) is 0 Å². The van der Waals surface area contributed by atoms with Crippen molar-refractivity contribution in [3.8, 4) is 5.75 Å². The third kappa shape index (κ3) is 5.46. The topological polar surface area (TPSA) is 89.8 Å². The highest BCUT2D eigenvalue weighted by molar-refractivity contribution is 7.53. The number of nitrogens with one attached hydrogen (secondary N) is 1. The number of phenols is 1. The molecular formula is C26H40NO4P. The van der Waals surface area contributed by atoms with Crippen molar-refractivity contribution in [2.75, 3.05) is 0 Å². The molecule has 1 unspecified atom stereocenters. The SMILES string of the molecule is CCC(CC)(NC(c1ccccc1)c1cc(C(C)(C)C)c(O)c(C(C)(C)C)c1)P(=O)(O)O. The van der Waals surface area contributed by atoms with Crippen LogP contribution in [0.5, 0.6) is 5.75 Å². The molecule has 5 nitrogen and oxygen atoms in total. The van der Waals surface area contributed by atoms with Crippen molar-refractivity contribution >= 4 is 7.60 Å². The summed E-state index contributed by atoms with van der Waals surface area (Å²) in [5.41, 5.74) is 2.81. The number of rotatable bonds is 7. The standard InChI is InChI=1S/C26H40NO4P/c1-9-26(10-2,32(29,30)31)27-22(18-14-12-11-13-15-18)19-16-20(24(3,4)5)23(28)21(17-19)25(6,7)8/h11-17,22,27-28H,9-10H2,1-8H3,(H2,29,30,31). The van der Waals surface area contributed by atoms with Crippen LogP contribution in [0.15, 0.2) is 42.5 Å². The lowest BCUT2D eigenvalue weighted by atomic mass is 9.77. The van der Waals surface area contributed by atoms with Gasteiger partial charge in [-0.25, -0.2) is 0 Å². The van der Waals surface area contributed by atoms with Gasteiger partial charge in [-0.2, -0.15) is 0 Å². The highest BCUT2D eigenvalue weighted by Gasteiger charge is 2.45. The zero-order valence-electron chi connectivity index (χ0n) is 20.7. The van der Waals surface area contributed by atoms with Crippen molar-refractivity contribution in [2.24, 2.45) is 0 Å². The molecule has 2 rings (SSSR count). The van der Waals surface area contributed by atoms with Crippen LogP contribution in [0.1, 0.15) is 96.5 Å². The maximum absolute atomic E-state index is 12.6. The maximum Gasteiger partial charge on any atom is 0.345 e. The number of hydrogen-bond acceptors (Lipinski definition) is 3. The van der Waals surface area contributed by atoms with Crippen LogP contribution in [0.4, 0.5) is 0 Å². The Labute approximate surface area is 193 Å². The molecule has 0 spiro atoms. The van der Waals surface area contributed by atoms with Gasteiger partial charge in [0.25, 0.3) is 0 Å². The average Bonchev–Trinajstić information content (AvgIpc) is 2.67. The smallest absolute Gasteiger partial charge is 0.345 e. The summed E-state index contributed by atoms with van der Waals surface area (Å²) in [5.74, 6) is 0.285. The van der Waals surface area contributed by atoms with Gasteiger partial charge in [0.15, 0.2) is 0 Å². The highest BCUT2D eigenvalue weighted by atomic mass is 31.2. The Bertz CT molecular complexity index is 929. The van der Waals surface area contributed by atoms with Crippen molar-refractivity contribution in [3.63, 3.8) is 0 Å². The summed E-state index contributed by atoms with van der Waals surface area (Å²) in [6.45, 7) is 15.9. The monoisotopic (exact) mass is 461 g/mol. The van der Waals surface area contributed by atoms with E-state index >= 15 is 0 Å². The second kappa shape index (κ2) is 9.30. The van der Waals surface area contributed by atoms with Crippen molar-refractivity contribution in [1.29, 1.82) is 0 Å². The van der Waals surface area contributed by atoms with Crippen LogP contribution in [0, 0.1) is 0 Å². The third-order valence-electron chi connectivity index (χ3n) is 6.35. The van der Waals surface area contributed by atoms with E-state index in [-0.39, 0.29) is 29.4 Å². The van der Waals surface area contributed by atoms with Crippen LogP contribution in [0.25, 0.3) is 0 Å². The van der Waals surface area contributed by atoms with Crippen molar-refractivity contribution in [1.82, 2.24) is 5.32 Å². The minimum absolute atomic E-state index is 0.285. The first kappa shape index (κ1) is 26.6. The minimum atomic E-state index is -4.46. The molecule has 0 heterocycles. The molecule has 0 aliphatic carbocycles. The van der Waals surface area contributed by atoms with E-state index in [1.807, 2.05) is 42.5 Å². The molecule has 32 heavy (non-hydrogen) atoms. The lowest BCUT2D eigenvalue weighted by Gasteiger charge is -2.38. The van der Waals surface area contributed by atoms with Gasteiger partial charge in [-0.05, 0) is 58.1 Å². The zero-order valence-corrected chi connectivity index (χ0v) is 21.6. The molecule has 0 aliphatic heterocycles. The molecule has 178 valence electrons. The van der Waals surface area contributed by atoms with E-state index in [0.29, 0.717) is 0 Å². The van der Waals surface area contributed by atoms with Crippen LogP contribution >= 0.6 is 7.60 Å². The molecule has 0 bridgehead atoms. The van der Waals surface area contributed by atoms with Gasteiger partial charge < -0.3 is 14.9 Å². The van der Waals surface area contributed by atoms with Crippen LogP contribution in [-0.2, 0) is 15.4 Å². The van der Waals surface area contributed by atoms with Gasteiger partial charge in [-0.15, -0.1) is 0 Å². The van der Waals surface area contributed by atoms with E-state index in [2.05, 4.69) is 46.9 Å². The van der Waals surface area contributed by atoms with Crippen LogP contribution < -0.4 is 5.32 Å². The molecule has 0 fully saturated rings. The Morgan fingerprint density at radius 1 is 0.844 bits per heavy atom. The Hall–Kier alpha value is -1.65. The molecule has 0 saturated carbocycles. The van der Waals surface area contributed by atoms with E-state index in [1.165, 1.54) is 0 Å². The molecule has 2 aromatic carbocycles. The summed E-state index contributed by atoms with van der Waals surface area (Å²) in [4.78, 5) is 20.6. The quantitative estimate of drug-likeness (QED) is 0.360. The lowest BCUT2D eigenvalue weighted by Crippen LogP contribution is -2.46. The largest absolute Gasteiger partial charge is 0.507 e. The normalized spacial score (nSPS) is 14.4. The zero-order chi connectivity index (χ0) is 24.5. The maximum atomic E-state index is 12.6. The van der Waals surface area contributed by atoms with Crippen LogP contribution in [0.2, 0.25) is 0 Å². The van der Waals surface area contributed by atoms with Gasteiger partial charge in [0.2, 0.25) is 0 Å². The van der Waals surface area contributed by atoms with Gasteiger partial charge in [0.05, 0.1) is 6.04 Å². The first-order valence-corrected chi connectivity index (χ1v) is 12.9. The predicted octanol–water partition coefficient (Wildman–Crippen LogP) is 6.36. The molecule has 6 heteroatoms. The molecule has 0 radical (unpaired) electrons. The molecule has 0 saturated heterocycles. The number of benzene rings is 2. The van der Waals surface area contributed by atoms with Gasteiger partial charge >= 0.3 is 7.60 Å². The van der Waals surface area contributed by atoms with Crippen molar-refractivity contribution in [3.05, 3.63) is 64.7 Å². The Balaban J connectivity index is 2.85. The van der Waals surface area contributed by atoms with Crippen molar-refractivity contribution in [2.45, 2.75) is 90.4 Å². The average molecular weight is 462 g/mol. The van der Waals surface area contributed by atoms with E-state index in [4.69, 9.17) is 0 Å². The summed E-state index contributed by atoms with van der Waals surface area (Å²) in [6, 6.07) is 13.2. The summed E-state index contributed by atoms with van der Waals surface area (Å²) >= 11 is 0. The summed E-state index contributed by atoms with van der Waals surface area (Å²) in [6.07, 6.45) is 0.570. The van der Waals surface area contributed by atoms with Crippen molar-refractivity contribution < 1.29 is 19.5 Å². The fourth-order valence-corrected chi connectivity index (χ4v) is 5.31. The Kier molecular flexibility index (Phi) is 7.74. The fraction of sp³-hybridized carbons (Fsp3) is 0.538. The van der Waals surface area contributed by atoms with Crippen LogP contribution in [0.3, 0.4) is 0 Å². The van der Waals surface area contributed by atoms with Gasteiger partial charge in [-0.1, -0.05) is 85.7 Å². The van der Waals surface area contributed by atoms with E-state index in [0.717, 1.165) is 22.3 Å². The van der Waals surface area contributed by atoms with E-state index in [1.54, 1.807) is 13.8 Å². The summed E-state index contributed by atoms with van der Waals surface area (Å²) < 4.78 is 12.6. The fourth-order valence-electron chi connectivity index (χ4n) is 4.19. The predicted molar refractivity (Wildman–Crippen MR) is 132 cm³/mol.